The topological polar surface area (TPSA) is 21.3 Å². The number of nitrogens with one attached hydrogen (secondary N) is 1. The Hall–Kier alpha value is -1.02. The summed E-state index contributed by atoms with van der Waals surface area (Å²) in [7, 11) is 1.71. The van der Waals surface area contributed by atoms with Crippen LogP contribution in [0.3, 0.4) is 0 Å². The summed E-state index contributed by atoms with van der Waals surface area (Å²) in [6.45, 7) is 4.58. The highest BCUT2D eigenvalue weighted by molar-refractivity contribution is 5.28. The number of methoxy groups -OCH3 is 1. The van der Waals surface area contributed by atoms with E-state index in [4.69, 9.17) is 4.74 Å². The largest absolute Gasteiger partial charge is 0.497 e. The molecule has 2 nitrogen and oxygen atoms in total. The van der Waals surface area contributed by atoms with Crippen LogP contribution in [0, 0.1) is 5.92 Å². The second-order valence-corrected chi connectivity index (χ2v) is 5.79. The van der Waals surface area contributed by atoms with Crippen molar-refractivity contribution < 1.29 is 4.74 Å². The Labute approximate surface area is 117 Å². The van der Waals surface area contributed by atoms with Gasteiger partial charge in [-0.25, -0.2) is 0 Å². The summed E-state index contributed by atoms with van der Waals surface area (Å²) in [6.07, 6.45) is 6.80. The molecule has 0 aromatic heterocycles. The van der Waals surface area contributed by atoms with Gasteiger partial charge in [0.2, 0.25) is 0 Å². The highest BCUT2D eigenvalue weighted by Crippen LogP contribution is 2.28. The summed E-state index contributed by atoms with van der Waals surface area (Å²) in [5.41, 5.74) is 1.35. The van der Waals surface area contributed by atoms with E-state index in [9.17, 15) is 0 Å². The molecular formula is C17H27NO. The summed E-state index contributed by atoms with van der Waals surface area (Å²) >= 11 is 0. The summed E-state index contributed by atoms with van der Waals surface area (Å²) in [6, 6.07) is 9.53. The molecule has 1 saturated carbocycles. The van der Waals surface area contributed by atoms with Gasteiger partial charge >= 0.3 is 0 Å². The first-order chi connectivity index (χ1) is 9.22. The molecule has 1 aliphatic carbocycles. The molecule has 2 heteroatoms. The molecule has 0 aliphatic heterocycles. The fourth-order valence-corrected chi connectivity index (χ4v) is 3.08. The van der Waals surface area contributed by atoms with Gasteiger partial charge in [0.1, 0.15) is 5.75 Å². The fourth-order valence-electron chi connectivity index (χ4n) is 3.08. The third kappa shape index (κ3) is 3.97. The van der Waals surface area contributed by atoms with Crippen LogP contribution in [0.4, 0.5) is 0 Å². The number of hydrogen-bond acceptors (Lipinski definition) is 2. The quantitative estimate of drug-likeness (QED) is 0.852. The Morgan fingerprint density at radius 1 is 1.16 bits per heavy atom. The van der Waals surface area contributed by atoms with Crippen molar-refractivity contribution >= 4 is 0 Å². The third-order valence-corrected chi connectivity index (χ3v) is 4.53. The van der Waals surface area contributed by atoms with E-state index in [-0.39, 0.29) is 0 Å². The Morgan fingerprint density at radius 3 is 2.32 bits per heavy atom. The molecule has 0 heterocycles. The lowest BCUT2D eigenvalue weighted by atomic mass is 9.84. The van der Waals surface area contributed by atoms with E-state index < -0.39 is 0 Å². The maximum absolute atomic E-state index is 5.20. The highest BCUT2D eigenvalue weighted by atomic mass is 16.5. The average Bonchev–Trinajstić information content (AvgIpc) is 2.48. The average molecular weight is 261 g/mol. The molecule has 1 N–H and O–H groups in total. The van der Waals surface area contributed by atoms with Crippen LogP contribution in [0.5, 0.6) is 5.75 Å². The van der Waals surface area contributed by atoms with Crippen LogP contribution in [0.15, 0.2) is 24.3 Å². The maximum atomic E-state index is 5.20. The van der Waals surface area contributed by atoms with E-state index in [1.54, 1.807) is 7.11 Å². The Balaban J connectivity index is 1.85. The summed E-state index contributed by atoms with van der Waals surface area (Å²) in [5, 5.41) is 3.78. The minimum atomic E-state index is 0.425. The highest BCUT2D eigenvalue weighted by Gasteiger charge is 2.21. The molecule has 0 saturated heterocycles. The predicted molar refractivity (Wildman–Crippen MR) is 80.6 cm³/mol. The van der Waals surface area contributed by atoms with Crippen LogP contribution in [0.2, 0.25) is 0 Å². The van der Waals surface area contributed by atoms with Crippen molar-refractivity contribution in [2.24, 2.45) is 5.92 Å². The van der Waals surface area contributed by atoms with Crippen LogP contribution in [0.25, 0.3) is 0 Å². The minimum Gasteiger partial charge on any atom is -0.497 e. The zero-order chi connectivity index (χ0) is 13.7. The van der Waals surface area contributed by atoms with Crippen molar-refractivity contribution in [3.8, 4) is 5.75 Å². The van der Waals surface area contributed by atoms with E-state index >= 15 is 0 Å². The second kappa shape index (κ2) is 6.95. The van der Waals surface area contributed by atoms with Gasteiger partial charge in [-0.05, 0) is 56.2 Å². The number of rotatable bonds is 5. The van der Waals surface area contributed by atoms with Crippen molar-refractivity contribution in [1.29, 1.82) is 0 Å². The molecule has 1 atom stereocenters. The lowest BCUT2D eigenvalue weighted by molar-refractivity contribution is 0.273. The summed E-state index contributed by atoms with van der Waals surface area (Å²) < 4.78 is 5.20. The SMILES string of the molecule is CCC1CCC(N[C@@H](C)c2ccc(OC)cc2)CC1. The number of hydrogen-bond donors (Lipinski definition) is 1. The molecule has 0 spiro atoms. The van der Waals surface area contributed by atoms with E-state index in [1.807, 2.05) is 12.1 Å². The van der Waals surface area contributed by atoms with Crippen molar-refractivity contribution in [2.75, 3.05) is 7.11 Å². The number of benzene rings is 1. The van der Waals surface area contributed by atoms with Gasteiger partial charge in [0.25, 0.3) is 0 Å². The van der Waals surface area contributed by atoms with Crippen molar-refractivity contribution in [1.82, 2.24) is 5.32 Å². The smallest absolute Gasteiger partial charge is 0.118 e. The molecule has 1 aliphatic rings. The van der Waals surface area contributed by atoms with E-state index in [0.29, 0.717) is 12.1 Å². The second-order valence-electron chi connectivity index (χ2n) is 5.79. The monoisotopic (exact) mass is 261 g/mol. The number of ether oxygens (including phenoxy) is 1. The molecule has 0 amide bonds. The molecule has 2 rings (SSSR count). The van der Waals surface area contributed by atoms with Crippen molar-refractivity contribution in [3.63, 3.8) is 0 Å². The molecule has 1 fully saturated rings. The standard InChI is InChI=1S/C17H27NO/c1-4-14-5-9-16(10-6-14)18-13(2)15-7-11-17(19-3)12-8-15/h7-8,11-14,16,18H,4-6,9-10H2,1-3H3/t13-,14?,16?/m0/s1. The van der Waals surface area contributed by atoms with Crippen LogP contribution in [-0.4, -0.2) is 13.2 Å². The van der Waals surface area contributed by atoms with E-state index in [2.05, 4.69) is 31.3 Å². The Bertz CT molecular complexity index is 365. The van der Waals surface area contributed by atoms with Gasteiger partial charge in [0, 0.05) is 12.1 Å². The Morgan fingerprint density at radius 2 is 1.79 bits per heavy atom. The van der Waals surface area contributed by atoms with Gasteiger partial charge in [-0.1, -0.05) is 25.5 Å². The summed E-state index contributed by atoms with van der Waals surface area (Å²) in [5.74, 6) is 1.90. The van der Waals surface area contributed by atoms with Gasteiger partial charge < -0.3 is 10.1 Å². The fraction of sp³-hybridized carbons (Fsp3) is 0.647. The van der Waals surface area contributed by atoms with Gasteiger partial charge in [0.05, 0.1) is 7.11 Å². The molecule has 0 unspecified atom stereocenters. The van der Waals surface area contributed by atoms with Gasteiger partial charge in [-0.15, -0.1) is 0 Å². The minimum absolute atomic E-state index is 0.425. The van der Waals surface area contributed by atoms with Crippen molar-refractivity contribution in [3.05, 3.63) is 29.8 Å². The van der Waals surface area contributed by atoms with Crippen molar-refractivity contribution in [2.45, 2.75) is 58.0 Å². The Kier molecular flexibility index (Phi) is 5.26. The van der Waals surface area contributed by atoms with Crippen LogP contribution in [-0.2, 0) is 0 Å². The zero-order valence-electron chi connectivity index (χ0n) is 12.5. The van der Waals surface area contributed by atoms with E-state index in [1.165, 1.54) is 37.7 Å². The van der Waals surface area contributed by atoms with Gasteiger partial charge in [-0.3, -0.25) is 0 Å². The summed E-state index contributed by atoms with van der Waals surface area (Å²) in [4.78, 5) is 0. The molecule has 1 aromatic rings. The first kappa shape index (κ1) is 14.4. The predicted octanol–water partition coefficient (Wildman–Crippen LogP) is 4.31. The van der Waals surface area contributed by atoms with Gasteiger partial charge in [0.15, 0.2) is 0 Å². The van der Waals surface area contributed by atoms with Crippen LogP contribution >= 0.6 is 0 Å². The van der Waals surface area contributed by atoms with Crippen LogP contribution < -0.4 is 10.1 Å². The van der Waals surface area contributed by atoms with Crippen LogP contribution in [0.1, 0.15) is 57.6 Å². The first-order valence-corrected chi connectivity index (χ1v) is 7.63. The lowest BCUT2D eigenvalue weighted by Gasteiger charge is -2.31. The molecule has 0 radical (unpaired) electrons. The molecule has 19 heavy (non-hydrogen) atoms. The molecule has 1 aromatic carbocycles. The third-order valence-electron chi connectivity index (χ3n) is 4.53. The normalized spacial score (nSPS) is 25.0. The first-order valence-electron chi connectivity index (χ1n) is 7.63. The maximum Gasteiger partial charge on any atom is 0.118 e. The lowest BCUT2D eigenvalue weighted by Crippen LogP contribution is -2.34. The molecule has 0 bridgehead atoms. The zero-order valence-corrected chi connectivity index (χ0v) is 12.5. The molecule has 106 valence electrons. The molecular weight excluding hydrogens is 234 g/mol. The van der Waals surface area contributed by atoms with Gasteiger partial charge in [-0.2, -0.15) is 0 Å². The van der Waals surface area contributed by atoms with E-state index in [0.717, 1.165) is 11.7 Å².